The average molecular weight is 460 g/mol. The standard InChI is InChI=1S/C23H21N7O2S/c24-14-16-1-6-19(7-2-16)33(31,32)30-11-9-29(10-12-30)23-22(26-18-4-5-18)27-20-8-3-17(15-25)13-21(20)28-23/h1-3,6-8,13,18H,4-5,9-12H2,(H,26,27). The molecule has 2 heterocycles. The summed E-state index contributed by atoms with van der Waals surface area (Å²) in [6.45, 7) is 1.55. The van der Waals surface area contributed by atoms with Crippen molar-refractivity contribution in [1.29, 1.82) is 10.5 Å². The van der Waals surface area contributed by atoms with Crippen molar-refractivity contribution in [3.63, 3.8) is 0 Å². The van der Waals surface area contributed by atoms with Crippen LogP contribution < -0.4 is 10.2 Å². The third-order valence-corrected chi connectivity index (χ3v) is 7.77. The molecule has 2 fully saturated rings. The first-order valence-electron chi connectivity index (χ1n) is 10.7. The molecule has 0 spiro atoms. The number of anilines is 2. The summed E-state index contributed by atoms with van der Waals surface area (Å²) in [5.41, 5.74) is 2.29. The Labute approximate surface area is 191 Å². The summed E-state index contributed by atoms with van der Waals surface area (Å²) in [6, 6.07) is 15.7. The molecule has 0 radical (unpaired) electrons. The maximum atomic E-state index is 13.0. The molecular weight excluding hydrogens is 438 g/mol. The summed E-state index contributed by atoms with van der Waals surface area (Å²) < 4.78 is 27.6. The Morgan fingerprint density at radius 3 is 2.18 bits per heavy atom. The smallest absolute Gasteiger partial charge is 0.243 e. The topological polar surface area (TPSA) is 126 Å². The number of nitriles is 2. The lowest BCUT2D eigenvalue weighted by Gasteiger charge is -2.35. The van der Waals surface area contributed by atoms with E-state index in [1.54, 1.807) is 18.2 Å². The Balaban J connectivity index is 1.40. The molecule has 1 aliphatic heterocycles. The van der Waals surface area contributed by atoms with Crippen molar-refractivity contribution in [2.75, 3.05) is 36.4 Å². The molecule has 9 nitrogen and oxygen atoms in total. The summed E-state index contributed by atoms with van der Waals surface area (Å²) in [7, 11) is -3.65. The lowest BCUT2D eigenvalue weighted by atomic mass is 10.2. The molecule has 0 atom stereocenters. The number of nitrogens with zero attached hydrogens (tertiary/aromatic N) is 6. The third kappa shape index (κ3) is 4.19. The number of hydrogen-bond donors (Lipinski definition) is 1. The zero-order valence-corrected chi connectivity index (χ0v) is 18.6. The first-order chi connectivity index (χ1) is 16.0. The summed E-state index contributed by atoms with van der Waals surface area (Å²) in [5, 5.41) is 21.6. The van der Waals surface area contributed by atoms with Crippen LogP contribution in [-0.2, 0) is 10.0 Å². The summed E-state index contributed by atoms with van der Waals surface area (Å²) in [4.78, 5) is 11.8. The van der Waals surface area contributed by atoms with Crippen molar-refractivity contribution in [2.45, 2.75) is 23.8 Å². The molecule has 1 aliphatic carbocycles. The predicted octanol–water partition coefficient (Wildman–Crippen LogP) is 2.46. The lowest BCUT2D eigenvalue weighted by Crippen LogP contribution is -2.49. The van der Waals surface area contributed by atoms with Crippen LogP contribution in [0.2, 0.25) is 0 Å². The van der Waals surface area contributed by atoms with Gasteiger partial charge in [-0.15, -0.1) is 0 Å². The van der Waals surface area contributed by atoms with E-state index in [2.05, 4.69) is 11.4 Å². The van der Waals surface area contributed by atoms with Gasteiger partial charge < -0.3 is 10.2 Å². The van der Waals surface area contributed by atoms with E-state index in [1.165, 1.54) is 28.6 Å². The highest BCUT2D eigenvalue weighted by atomic mass is 32.2. The maximum Gasteiger partial charge on any atom is 0.243 e. The molecule has 3 aromatic rings. The highest BCUT2D eigenvalue weighted by Crippen LogP contribution is 2.32. The number of aromatic nitrogens is 2. The van der Waals surface area contributed by atoms with Crippen LogP contribution in [-0.4, -0.2) is 54.9 Å². The van der Waals surface area contributed by atoms with E-state index in [1.807, 2.05) is 11.0 Å². The van der Waals surface area contributed by atoms with Crippen LogP contribution in [0.15, 0.2) is 47.4 Å². The zero-order valence-electron chi connectivity index (χ0n) is 17.8. The Morgan fingerprint density at radius 1 is 0.879 bits per heavy atom. The van der Waals surface area contributed by atoms with Crippen LogP contribution in [0.3, 0.4) is 0 Å². The maximum absolute atomic E-state index is 13.0. The molecule has 0 bridgehead atoms. The molecule has 0 unspecified atom stereocenters. The summed E-state index contributed by atoms with van der Waals surface area (Å²) in [5.74, 6) is 1.37. The van der Waals surface area contributed by atoms with Gasteiger partial charge in [-0.05, 0) is 55.3 Å². The number of fused-ring (bicyclic) bond motifs is 1. The van der Waals surface area contributed by atoms with Crippen molar-refractivity contribution < 1.29 is 8.42 Å². The van der Waals surface area contributed by atoms with Crippen LogP contribution in [0.4, 0.5) is 11.6 Å². The Kier molecular flexibility index (Phi) is 5.33. The molecule has 2 aliphatic rings. The largest absolute Gasteiger partial charge is 0.364 e. The number of nitrogens with one attached hydrogen (secondary N) is 1. The number of benzene rings is 2. The van der Waals surface area contributed by atoms with Crippen molar-refractivity contribution in [2.24, 2.45) is 0 Å². The molecule has 166 valence electrons. The monoisotopic (exact) mass is 459 g/mol. The van der Waals surface area contributed by atoms with Gasteiger partial charge in [0.25, 0.3) is 0 Å². The molecule has 1 saturated carbocycles. The zero-order chi connectivity index (χ0) is 23.0. The van der Waals surface area contributed by atoms with Gasteiger partial charge >= 0.3 is 0 Å². The van der Waals surface area contributed by atoms with Crippen LogP contribution in [0.1, 0.15) is 24.0 Å². The lowest BCUT2D eigenvalue weighted by molar-refractivity contribution is 0.384. The third-order valence-electron chi connectivity index (χ3n) is 5.85. The summed E-state index contributed by atoms with van der Waals surface area (Å²) >= 11 is 0. The van der Waals surface area contributed by atoms with Crippen molar-refractivity contribution in [3.05, 3.63) is 53.6 Å². The van der Waals surface area contributed by atoms with Crippen LogP contribution in [0, 0.1) is 22.7 Å². The highest BCUT2D eigenvalue weighted by molar-refractivity contribution is 7.89. The van der Waals surface area contributed by atoms with E-state index >= 15 is 0 Å². The average Bonchev–Trinajstić information content (AvgIpc) is 3.67. The van der Waals surface area contributed by atoms with Gasteiger partial charge in [0.2, 0.25) is 10.0 Å². The molecule has 5 rings (SSSR count). The summed E-state index contributed by atoms with van der Waals surface area (Å²) in [6.07, 6.45) is 2.17. The van der Waals surface area contributed by atoms with Gasteiger partial charge in [-0.2, -0.15) is 14.8 Å². The van der Waals surface area contributed by atoms with Gasteiger partial charge in [-0.1, -0.05) is 0 Å². The van der Waals surface area contributed by atoms with Gasteiger partial charge in [-0.25, -0.2) is 18.4 Å². The fourth-order valence-corrected chi connectivity index (χ4v) is 5.27. The quantitative estimate of drug-likeness (QED) is 0.617. The number of piperazine rings is 1. The van der Waals surface area contributed by atoms with Gasteiger partial charge in [0.05, 0.1) is 39.2 Å². The second-order valence-electron chi connectivity index (χ2n) is 8.16. The normalized spacial score (nSPS) is 16.8. The van der Waals surface area contributed by atoms with E-state index in [0.29, 0.717) is 66.0 Å². The SMILES string of the molecule is N#Cc1ccc(S(=O)(=O)N2CCN(c3nc4cc(C#N)ccc4nc3NC3CC3)CC2)cc1. The van der Waals surface area contributed by atoms with Crippen LogP contribution >= 0.6 is 0 Å². The van der Waals surface area contributed by atoms with Gasteiger partial charge in [-0.3, -0.25) is 0 Å². The Bertz CT molecular complexity index is 1400. The first kappa shape index (κ1) is 21.1. The van der Waals surface area contributed by atoms with E-state index in [9.17, 15) is 13.7 Å². The van der Waals surface area contributed by atoms with Gasteiger partial charge in [0.15, 0.2) is 11.6 Å². The highest BCUT2D eigenvalue weighted by Gasteiger charge is 2.31. The number of sulfonamides is 1. The van der Waals surface area contributed by atoms with E-state index in [0.717, 1.165) is 12.8 Å². The minimum Gasteiger partial charge on any atom is -0.364 e. The molecule has 1 saturated heterocycles. The number of hydrogen-bond acceptors (Lipinski definition) is 8. The second kappa shape index (κ2) is 8.32. The molecular formula is C23H21N7O2S. The number of rotatable bonds is 5. The van der Waals surface area contributed by atoms with Crippen molar-refractivity contribution in [1.82, 2.24) is 14.3 Å². The van der Waals surface area contributed by atoms with Crippen LogP contribution in [0.5, 0.6) is 0 Å². The predicted molar refractivity (Wildman–Crippen MR) is 123 cm³/mol. The van der Waals surface area contributed by atoms with E-state index < -0.39 is 10.0 Å². The van der Waals surface area contributed by atoms with E-state index in [4.69, 9.17) is 15.2 Å². The minimum absolute atomic E-state index is 0.181. The molecule has 1 aromatic heterocycles. The van der Waals surface area contributed by atoms with Gasteiger partial charge in [0, 0.05) is 32.2 Å². The molecule has 1 N–H and O–H groups in total. The second-order valence-corrected chi connectivity index (χ2v) is 10.1. The molecule has 0 amide bonds. The fourth-order valence-electron chi connectivity index (χ4n) is 3.84. The molecule has 2 aromatic carbocycles. The molecule has 33 heavy (non-hydrogen) atoms. The fraction of sp³-hybridized carbons (Fsp3) is 0.304. The Morgan fingerprint density at radius 2 is 1.55 bits per heavy atom. The Hall–Kier alpha value is -3.73. The first-order valence-corrected chi connectivity index (χ1v) is 12.2. The van der Waals surface area contributed by atoms with Crippen molar-refractivity contribution in [3.8, 4) is 12.1 Å². The minimum atomic E-state index is -3.65. The molecule has 10 heteroatoms. The van der Waals surface area contributed by atoms with E-state index in [-0.39, 0.29) is 4.90 Å². The van der Waals surface area contributed by atoms with Gasteiger partial charge in [0.1, 0.15) is 0 Å². The van der Waals surface area contributed by atoms with Crippen molar-refractivity contribution >= 4 is 32.7 Å². The van der Waals surface area contributed by atoms with Crippen LogP contribution in [0.25, 0.3) is 11.0 Å².